The number of primary amides is 1. The zero-order chi connectivity index (χ0) is 14.3. The van der Waals surface area contributed by atoms with Crippen LogP contribution in [0, 0.1) is 11.8 Å². The number of thioether (sulfide) groups is 1. The number of amides is 1. The van der Waals surface area contributed by atoms with Crippen LogP contribution in [0.5, 0.6) is 0 Å². The molecule has 7 nitrogen and oxygen atoms in total. The molecule has 108 valence electrons. The Balaban J connectivity index is 2.36. The van der Waals surface area contributed by atoms with E-state index in [0.717, 1.165) is 18.2 Å². The molecule has 19 heavy (non-hydrogen) atoms. The summed E-state index contributed by atoms with van der Waals surface area (Å²) < 4.78 is 1.74. The maximum Gasteiger partial charge on any atom is 0.221 e. The van der Waals surface area contributed by atoms with Crippen LogP contribution in [-0.4, -0.2) is 45.0 Å². The number of carbonyl (C=O) groups is 1. The number of rotatable bonds is 9. The molecule has 1 aromatic rings. The zero-order valence-electron chi connectivity index (χ0n) is 11.7. The Morgan fingerprint density at radius 3 is 2.84 bits per heavy atom. The van der Waals surface area contributed by atoms with Gasteiger partial charge in [-0.3, -0.25) is 4.79 Å². The minimum Gasteiger partial charge on any atom is -0.369 e. The van der Waals surface area contributed by atoms with E-state index < -0.39 is 0 Å². The lowest BCUT2D eigenvalue weighted by molar-refractivity contribution is -0.120. The van der Waals surface area contributed by atoms with E-state index in [1.165, 1.54) is 11.8 Å². The number of nitrogens with two attached hydrogens (primary N) is 1. The first-order valence-corrected chi connectivity index (χ1v) is 7.38. The highest BCUT2D eigenvalue weighted by Crippen LogP contribution is 2.16. The molecule has 0 spiro atoms. The molecular formula is C11H22N6OS. The van der Waals surface area contributed by atoms with Gasteiger partial charge in [-0.2, -0.15) is 0 Å². The summed E-state index contributed by atoms with van der Waals surface area (Å²) in [6.45, 7) is 8.64. The topological polar surface area (TPSA) is 98.7 Å². The fourth-order valence-corrected chi connectivity index (χ4v) is 2.23. The van der Waals surface area contributed by atoms with Crippen LogP contribution in [0.1, 0.15) is 20.8 Å². The van der Waals surface area contributed by atoms with Gasteiger partial charge in [-0.15, -0.1) is 5.10 Å². The van der Waals surface area contributed by atoms with Gasteiger partial charge in [0.15, 0.2) is 0 Å². The third kappa shape index (κ3) is 6.02. The average molecular weight is 286 g/mol. The van der Waals surface area contributed by atoms with Gasteiger partial charge in [0.25, 0.3) is 0 Å². The van der Waals surface area contributed by atoms with Gasteiger partial charge in [0.1, 0.15) is 0 Å². The van der Waals surface area contributed by atoms with Crippen molar-refractivity contribution in [3.63, 3.8) is 0 Å². The highest BCUT2D eigenvalue weighted by Gasteiger charge is 2.12. The third-order valence-corrected chi connectivity index (χ3v) is 3.72. The SMILES string of the molecule is CC(C)CNCCn1nnnc1SCC(C)C(N)=O. The normalized spacial score (nSPS) is 12.8. The van der Waals surface area contributed by atoms with Gasteiger partial charge in [0.05, 0.1) is 6.54 Å². The van der Waals surface area contributed by atoms with Crippen molar-refractivity contribution >= 4 is 17.7 Å². The summed E-state index contributed by atoms with van der Waals surface area (Å²) >= 11 is 1.45. The van der Waals surface area contributed by atoms with Gasteiger partial charge in [0, 0.05) is 18.2 Å². The molecule has 0 aliphatic rings. The van der Waals surface area contributed by atoms with Gasteiger partial charge in [-0.05, 0) is 22.9 Å². The van der Waals surface area contributed by atoms with Gasteiger partial charge in [0.2, 0.25) is 11.1 Å². The Morgan fingerprint density at radius 2 is 2.21 bits per heavy atom. The van der Waals surface area contributed by atoms with E-state index in [4.69, 9.17) is 5.73 Å². The molecule has 8 heteroatoms. The van der Waals surface area contributed by atoms with E-state index >= 15 is 0 Å². The van der Waals surface area contributed by atoms with Crippen LogP contribution < -0.4 is 11.1 Å². The van der Waals surface area contributed by atoms with Crippen LogP contribution in [0.2, 0.25) is 0 Å². The smallest absolute Gasteiger partial charge is 0.221 e. The van der Waals surface area contributed by atoms with Crippen LogP contribution in [0.4, 0.5) is 0 Å². The molecule has 0 bridgehead atoms. The fraction of sp³-hybridized carbons (Fsp3) is 0.818. The summed E-state index contributed by atoms with van der Waals surface area (Å²) in [5, 5.41) is 15.6. The molecule has 1 aromatic heterocycles. The standard InChI is InChI=1S/C11H22N6OS/c1-8(2)6-13-4-5-17-11(14-15-16-17)19-7-9(3)10(12)18/h8-9,13H,4-7H2,1-3H3,(H2,12,18). The summed E-state index contributed by atoms with van der Waals surface area (Å²) in [7, 11) is 0. The third-order valence-electron chi connectivity index (χ3n) is 2.50. The maximum atomic E-state index is 11.0. The first-order chi connectivity index (χ1) is 9.00. The van der Waals surface area contributed by atoms with Crippen LogP contribution in [0.15, 0.2) is 5.16 Å². The van der Waals surface area contributed by atoms with E-state index in [2.05, 4.69) is 34.7 Å². The molecule has 0 fully saturated rings. The molecule has 0 aliphatic heterocycles. The van der Waals surface area contributed by atoms with E-state index in [-0.39, 0.29) is 11.8 Å². The lowest BCUT2D eigenvalue weighted by atomic mass is 10.2. The predicted molar refractivity (Wildman–Crippen MR) is 74.6 cm³/mol. The molecule has 1 amide bonds. The minimum absolute atomic E-state index is 0.186. The molecule has 0 aliphatic carbocycles. The van der Waals surface area contributed by atoms with E-state index in [1.54, 1.807) is 11.6 Å². The van der Waals surface area contributed by atoms with Crippen molar-refractivity contribution in [3.05, 3.63) is 0 Å². The largest absolute Gasteiger partial charge is 0.369 e. The van der Waals surface area contributed by atoms with Crippen molar-refractivity contribution in [2.45, 2.75) is 32.5 Å². The molecule has 0 radical (unpaired) electrons. The minimum atomic E-state index is -0.301. The number of carbonyl (C=O) groups excluding carboxylic acids is 1. The van der Waals surface area contributed by atoms with Crippen LogP contribution in [0.25, 0.3) is 0 Å². The number of hydrogen-bond acceptors (Lipinski definition) is 6. The summed E-state index contributed by atoms with van der Waals surface area (Å²) in [4.78, 5) is 11.0. The van der Waals surface area contributed by atoms with Gasteiger partial charge in [-0.1, -0.05) is 32.5 Å². The molecule has 1 unspecified atom stereocenters. The summed E-state index contributed by atoms with van der Waals surface area (Å²) in [6, 6.07) is 0. The molecule has 0 saturated heterocycles. The van der Waals surface area contributed by atoms with Crippen molar-refractivity contribution in [1.82, 2.24) is 25.5 Å². The summed E-state index contributed by atoms with van der Waals surface area (Å²) in [6.07, 6.45) is 0. The highest BCUT2D eigenvalue weighted by molar-refractivity contribution is 7.99. The van der Waals surface area contributed by atoms with E-state index in [1.807, 2.05) is 0 Å². The van der Waals surface area contributed by atoms with Gasteiger partial charge < -0.3 is 11.1 Å². The van der Waals surface area contributed by atoms with Crippen LogP contribution >= 0.6 is 11.8 Å². The lowest BCUT2D eigenvalue weighted by Gasteiger charge is -2.09. The molecule has 1 heterocycles. The second-order valence-corrected chi connectivity index (χ2v) is 5.88. The van der Waals surface area contributed by atoms with Crippen molar-refractivity contribution in [2.75, 3.05) is 18.8 Å². The fourth-order valence-electron chi connectivity index (χ4n) is 1.30. The highest BCUT2D eigenvalue weighted by atomic mass is 32.2. The van der Waals surface area contributed by atoms with Gasteiger partial charge >= 0.3 is 0 Å². The van der Waals surface area contributed by atoms with E-state index in [0.29, 0.717) is 18.2 Å². The summed E-state index contributed by atoms with van der Waals surface area (Å²) in [5.74, 6) is 0.730. The van der Waals surface area contributed by atoms with Crippen LogP contribution in [0.3, 0.4) is 0 Å². The van der Waals surface area contributed by atoms with Crippen molar-refractivity contribution < 1.29 is 4.79 Å². The van der Waals surface area contributed by atoms with Crippen molar-refractivity contribution in [1.29, 1.82) is 0 Å². The first kappa shape index (κ1) is 15.9. The Bertz CT molecular complexity index is 394. The molecule has 0 aromatic carbocycles. The number of hydrogen-bond donors (Lipinski definition) is 2. The molecule has 0 saturated carbocycles. The molecule has 1 atom stereocenters. The van der Waals surface area contributed by atoms with E-state index in [9.17, 15) is 4.79 Å². The monoisotopic (exact) mass is 286 g/mol. The van der Waals surface area contributed by atoms with Crippen molar-refractivity contribution in [3.8, 4) is 0 Å². The number of nitrogens with one attached hydrogen (secondary N) is 1. The zero-order valence-corrected chi connectivity index (χ0v) is 12.5. The summed E-state index contributed by atoms with van der Waals surface area (Å²) in [5.41, 5.74) is 5.22. The first-order valence-electron chi connectivity index (χ1n) is 6.39. The second kappa shape index (κ2) is 8.11. The van der Waals surface area contributed by atoms with Crippen molar-refractivity contribution in [2.24, 2.45) is 17.6 Å². The molecule has 3 N–H and O–H groups in total. The predicted octanol–water partition coefficient (Wildman–Crippen LogP) is 0.132. The Kier molecular flexibility index (Phi) is 6.79. The second-order valence-electron chi connectivity index (χ2n) is 4.90. The number of nitrogens with zero attached hydrogens (tertiary/aromatic N) is 4. The Labute approximate surface area is 117 Å². The average Bonchev–Trinajstić information content (AvgIpc) is 2.78. The number of aromatic nitrogens is 4. The van der Waals surface area contributed by atoms with Gasteiger partial charge in [-0.25, -0.2) is 4.68 Å². The lowest BCUT2D eigenvalue weighted by Crippen LogP contribution is -2.25. The molecular weight excluding hydrogens is 264 g/mol. The maximum absolute atomic E-state index is 11.0. The quantitative estimate of drug-likeness (QED) is 0.494. The Hall–Kier alpha value is -1.15. The van der Waals surface area contributed by atoms with Crippen LogP contribution in [-0.2, 0) is 11.3 Å². The number of tetrazole rings is 1. The molecule has 1 rings (SSSR count). The Morgan fingerprint density at radius 1 is 1.47 bits per heavy atom.